The molecule has 0 N–H and O–H groups in total. The minimum Gasteiger partial charge on any atom is -0.354 e. The second-order valence-corrected chi connectivity index (χ2v) is 4.07. The van der Waals surface area contributed by atoms with Crippen molar-refractivity contribution in [1.82, 2.24) is 9.97 Å². The quantitative estimate of drug-likeness (QED) is 0.840. The molecule has 0 saturated heterocycles. The third-order valence-corrected chi connectivity index (χ3v) is 2.47. The lowest BCUT2D eigenvalue weighted by atomic mass is 10.2. The molecule has 0 amide bonds. The standard InChI is InChI=1S/C12H11ClFN3/c1-17(12-7-15-6-11(13)16-12)8-9-3-2-4-10(14)5-9/h2-7H,8H2,1H3. The Morgan fingerprint density at radius 3 is 2.88 bits per heavy atom. The fraction of sp³-hybridized carbons (Fsp3) is 0.167. The van der Waals surface area contributed by atoms with Crippen LogP contribution in [0.1, 0.15) is 5.56 Å². The Balaban J connectivity index is 2.14. The van der Waals surface area contributed by atoms with Crippen LogP contribution in [-0.2, 0) is 6.54 Å². The van der Waals surface area contributed by atoms with Crippen molar-refractivity contribution in [3.05, 3.63) is 53.2 Å². The first kappa shape index (κ1) is 11.8. The Kier molecular flexibility index (Phi) is 3.54. The molecule has 0 aliphatic heterocycles. The number of hydrogen-bond acceptors (Lipinski definition) is 3. The minimum atomic E-state index is -0.243. The molecule has 17 heavy (non-hydrogen) atoms. The van der Waals surface area contributed by atoms with Gasteiger partial charge in [0.15, 0.2) is 0 Å². The number of benzene rings is 1. The Labute approximate surface area is 104 Å². The number of aromatic nitrogens is 2. The zero-order valence-corrected chi connectivity index (χ0v) is 10.0. The molecule has 0 bridgehead atoms. The van der Waals surface area contributed by atoms with Crippen molar-refractivity contribution in [1.29, 1.82) is 0 Å². The molecule has 5 heteroatoms. The zero-order valence-electron chi connectivity index (χ0n) is 9.27. The number of hydrogen-bond donors (Lipinski definition) is 0. The molecule has 0 aliphatic carbocycles. The van der Waals surface area contributed by atoms with Crippen LogP contribution in [0.3, 0.4) is 0 Å². The lowest BCUT2D eigenvalue weighted by Gasteiger charge is -2.17. The van der Waals surface area contributed by atoms with Crippen molar-refractivity contribution >= 4 is 17.4 Å². The van der Waals surface area contributed by atoms with E-state index in [1.54, 1.807) is 12.3 Å². The van der Waals surface area contributed by atoms with Gasteiger partial charge in [-0.1, -0.05) is 23.7 Å². The molecule has 88 valence electrons. The van der Waals surface area contributed by atoms with Crippen molar-refractivity contribution in [3.63, 3.8) is 0 Å². The van der Waals surface area contributed by atoms with E-state index < -0.39 is 0 Å². The summed E-state index contributed by atoms with van der Waals surface area (Å²) in [4.78, 5) is 9.94. The van der Waals surface area contributed by atoms with Gasteiger partial charge in [0.2, 0.25) is 0 Å². The van der Waals surface area contributed by atoms with E-state index in [4.69, 9.17) is 11.6 Å². The molecular weight excluding hydrogens is 241 g/mol. The highest BCUT2D eigenvalue weighted by atomic mass is 35.5. The van der Waals surface area contributed by atoms with E-state index in [0.29, 0.717) is 17.5 Å². The molecule has 1 aromatic heterocycles. The molecule has 0 radical (unpaired) electrons. The smallest absolute Gasteiger partial charge is 0.149 e. The zero-order chi connectivity index (χ0) is 12.3. The second-order valence-electron chi connectivity index (χ2n) is 3.69. The van der Waals surface area contributed by atoms with Crippen LogP contribution in [0.15, 0.2) is 36.7 Å². The Morgan fingerprint density at radius 1 is 1.35 bits per heavy atom. The van der Waals surface area contributed by atoms with Crippen LogP contribution in [0.4, 0.5) is 10.2 Å². The molecule has 0 unspecified atom stereocenters. The summed E-state index contributed by atoms with van der Waals surface area (Å²) in [6.07, 6.45) is 3.09. The van der Waals surface area contributed by atoms with Gasteiger partial charge in [0.05, 0.1) is 12.4 Å². The van der Waals surface area contributed by atoms with Gasteiger partial charge in [-0.3, -0.25) is 4.98 Å². The maximum atomic E-state index is 13.0. The molecule has 2 rings (SSSR count). The average molecular weight is 252 g/mol. The van der Waals surface area contributed by atoms with Gasteiger partial charge in [-0.15, -0.1) is 0 Å². The molecular formula is C12H11ClFN3. The largest absolute Gasteiger partial charge is 0.354 e. The van der Waals surface area contributed by atoms with Crippen LogP contribution in [0.25, 0.3) is 0 Å². The SMILES string of the molecule is CN(Cc1cccc(F)c1)c1cncc(Cl)n1. The van der Waals surface area contributed by atoms with Crippen LogP contribution < -0.4 is 4.90 Å². The van der Waals surface area contributed by atoms with E-state index in [1.165, 1.54) is 18.3 Å². The lowest BCUT2D eigenvalue weighted by Crippen LogP contribution is -2.17. The highest BCUT2D eigenvalue weighted by Gasteiger charge is 2.05. The van der Waals surface area contributed by atoms with E-state index in [0.717, 1.165) is 5.56 Å². The van der Waals surface area contributed by atoms with Crippen LogP contribution in [0.2, 0.25) is 5.15 Å². The normalized spacial score (nSPS) is 10.3. The van der Waals surface area contributed by atoms with E-state index in [9.17, 15) is 4.39 Å². The van der Waals surface area contributed by atoms with Crippen LogP contribution in [0, 0.1) is 5.82 Å². The van der Waals surface area contributed by atoms with E-state index >= 15 is 0 Å². The van der Waals surface area contributed by atoms with Gasteiger partial charge in [0.1, 0.15) is 16.8 Å². The van der Waals surface area contributed by atoms with E-state index in [2.05, 4.69) is 9.97 Å². The summed E-state index contributed by atoms with van der Waals surface area (Å²) < 4.78 is 13.0. The molecule has 0 atom stereocenters. The average Bonchev–Trinajstić information content (AvgIpc) is 2.29. The molecule has 0 spiro atoms. The third kappa shape index (κ3) is 3.14. The number of halogens is 2. The summed E-state index contributed by atoms with van der Waals surface area (Å²) in [6.45, 7) is 0.548. The van der Waals surface area contributed by atoms with Gasteiger partial charge in [-0.05, 0) is 17.7 Å². The van der Waals surface area contributed by atoms with Crippen molar-refractivity contribution in [2.75, 3.05) is 11.9 Å². The van der Waals surface area contributed by atoms with Gasteiger partial charge in [-0.2, -0.15) is 0 Å². The van der Waals surface area contributed by atoms with Crippen molar-refractivity contribution in [2.24, 2.45) is 0 Å². The molecule has 0 saturated carbocycles. The summed E-state index contributed by atoms with van der Waals surface area (Å²) >= 11 is 5.76. The van der Waals surface area contributed by atoms with Crippen molar-refractivity contribution in [2.45, 2.75) is 6.54 Å². The first-order chi connectivity index (χ1) is 8.15. The third-order valence-electron chi connectivity index (χ3n) is 2.29. The van der Waals surface area contributed by atoms with Gasteiger partial charge in [0.25, 0.3) is 0 Å². The van der Waals surface area contributed by atoms with Gasteiger partial charge < -0.3 is 4.90 Å². The number of rotatable bonds is 3. The lowest BCUT2D eigenvalue weighted by molar-refractivity contribution is 0.625. The van der Waals surface area contributed by atoms with Crippen LogP contribution >= 0.6 is 11.6 Å². The Morgan fingerprint density at radius 2 is 2.18 bits per heavy atom. The highest BCUT2D eigenvalue weighted by molar-refractivity contribution is 6.29. The van der Waals surface area contributed by atoms with Crippen LogP contribution in [0.5, 0.6) is 0 Å². The summed E-state index contributed by atoms with van der Waals surface area (Å²) in [7, 11) is 1.85. The van der Waals surface area contributed by atoms with Crippen molar-refractivity contribution < 1.29 is 4.39 Å². The van der Waals surface area contributed by atoms with E-state index in [1.807, 2.05) is 18.0 Å². The molecule has 0 aliphatic rings. The minimum absolute atomic E-state index is 0.243. The monoisotopic (exact) mass is 251 g/mol. The molecule has 2 aromatic rings. The summed E-state index contributed by atoms with van der Waals surface area (Å²) in [6, 6.07) is 6.46. The fourth-order valence-electron chi connectivity index (χ4n) is 1.51. The summed E-state index contributed by atoms with van der Waals surface area (Å²) in [5, 5.41) is 0.341. The molecule has 1 aromatic carbocycles. The Hall–Kier alpha value is -1.68. The summed E-state index contributed by atoms with van der Waals surface area (Å²) in [5.41, 5.74) is 0.870. The van der Waals surface area contributed by atoms with Crippen LogP contribution in [-0.4, -0.2) is 17.0 Å². The fourth-order valence-corrected chi connectivity index (χ4v) is 1.65. The molecule has 3 nitrogen and oxygen atoms in total. The predicted octanol–water partition coefficient (Wildman–Crippen LogP) is 2.91. The molecule has 0 fully saturated rings. The Bertz CT molecular complexity index is 519. The number of anilines is 1. The topological polar surface area (TPSA) is 29.0 Å². The highest BCUT2D eigenvalue weighted by Crippen LogP contribution is 2.14. The van der Waals surface area contributed by atoms with Gasteiger partial charge >= 0.3 is 0 Å². The summed E-state index contributed by atoms with van der Waals surface area (Å²) in [5.74, 6) is 0.412. The maximum absolute atomic E-state index is 13.0. The van der Waals surface area contributed by atoms with Gasteiger partial charge in [-0.25, -0.2) is 9.37 Å². The predicted molar refractivity (Wildman–Crippen MR) is 65.5 cm³/mol. The number of nitrogens with zero attached hydrogens (tertiary/aromatic N) is 3. The first-order valence-corrected chi connectivity index (χ1v) is 5.46. The first-order valence-electron chi connectivity index (χ1n) is 5.08. The maximum Gasteiger partial charge on any atom is 0.149 e. The van der Waals surface area contributed by atoms with Gasteiger partial charge in [0, 0.05) is 13.6 Å². The molecule has 1 heterocycles. The van der Waals surface area contributed by atoms with Crippen molar-refractivity contribution in [3.8, 4) is 0 Å². The van der Waals surface area contributed by atoms with E-state index in [-0.39, 0.29) is 5.82 Å². The second kappa shape index (κ2) is 5.10.